The van der Waals surface area contributed by atoms with Crippen LogP contribution in [0.4, 0.5) is 13.2 Å². The Bertz CT molecular complexity index is 1620. The number of carbonyl (C=O) groups excluding carboxylic acids is 1. The number of ketones is 1. The van der Waals surface area contributed by atoms with Crippen molar-refractivity contribution in [3.05, 3.63) is 118 Å². The number of carbonyl (C=O) groups is 1. The third-order valence-electron chi connectivity index (χ3n) is 7.43. The van der Waals surface area contributed by atoms with Crippen molar-refractivity contribution in [2.24, 2.45) is 0 Å². The molecular formula is C34H31F3N4O. The Morgan fingerprint density at radius 1 is 0.905 bits per heavy atom. The second-order valence-corrected chi connectivity index (χ2v) is 10.6. The van der Waals surface area contributed by atoms with Crippen LogP contribution in [0.2, 0.25) is 0 Å². The van der Waals surface area contributed by atoms with Gasteiger partial charge in [0.15, 0.2) is 5.78 Å². The Kier molecular flexibility index (Phi) is 8.81. The zero-order valence-electron chi connectivity index (χ0n) is 23.6. The normalized spacial score (nSPS) is 14.3. The maximum atomic E-state index is 14.0. The fraction of sp³-hybridized carbons (Fsp3) is 0.265. The molecular weight excluding hydrogens is 537 g/mol. The van der Waals surface area contributed by atoms with Crippen molar-refractivity contribution < 1.29 is 18.0 Å². The minimum absolute atomic E-state index is 0.132. The highest BCUT2D eigenvalue weighted by Crippen LogP contribution is 2.34. The summed E-state index contributed by atoms with van der Waals surface area (Å²) in [6, 6.07) is 18.8. The predicted octanol–water partition coefficient (Wildman–Crippen LogP) is 6.04. The number of likely N-dealkylation sites (N-methyl/N-ethyl adjacent to an activating group) is 1. The molecule has 0 radical (unpaired) electrons. The number of rotatable bonds is 6. The Morgan fingerprint density at radius 3 is 2.38 bits per heavy atom. The second kappa shape index (κ2) is 12.7. The average molecular weight is 569 g/mol. The molecule has 0 amide bonds. The van der Waals surface area contributed by atoms with Gasteiger partial charge in [0.2, 0.25) is 0 Å². The van der Waals surface area contributed by atoms with E-state index in [0.29, 0.717) is 22.3 Å². The van der Waals surface area contributed by atoms with Crippen LogP contribution in [-0.2, 0) is 19.1 Å². The lowest BCUT2D eigenvalue weighted by atomic mass is 9.96. The van der Waals surface area contributed by atoms with Crippen LogP contribution in [0.25, 0.3) is 11.4 Å². The molecule has 0 aliphatic carbocycles. The zero-order chi connectivity index (χ0) is 29.7. The van der Waals surface area contributed by atoms with Gasteiger partial charge in [-0.05, 0) is 67.1 Å². The van der Waals surface area contributed by atoms with Crippen LogP contribution in [0.5, 0.6) is 0 Å². The van der Waals surface area contributed by atoms with Crippen molar-refractivity contribution in [2.45, 2.75) is 26.1 Å². The molecule has 8 heteroatoms. The van der Waals surface area contributed by atoms with Crippen LogP contribution in [0.3, 0.4) is 0 Å². The molecule has 0 saturated carbocycles. The lowest BCUT2D eigenvalue weighted by molar-refractivity contribution is -0.138. The molecule has 1 aliphatic rings. The van der Waals surface area contributed by atoms with Crippen LogP contribution in [0, 0.1) is 18.8 Å². The highest BCUT2D eigenvalue weighted by Gasteiger charge is 2.34. The molecule has 1 fully saturated rings. The number of alkyl halides is 3. The molecule has 4 aromatic rings. The summed E-state index contributed by atoms with van der Waals surface area (Å²) in [5, 5.41) is 0. The van der Waals surface area contributed by atoms with Gasteiger partial charge in [-0.15, -0.1) is 0 Å². The topological polar surface area (TPSA) is 49.3 Å². The highest BCUT2D eigenvalue weighted by atomic mass is 19.4. The number of hydrogen-bond donors (Lipinski definition) is 0. The summed E-state index contributed by atoms with van der Waals surface area (Å²) in [5.41, 5.74) is 4.09. The Balaban J connectivity index is 1.31. The molecule has 0 spiro atoms. The van der Waals surface area contributed by atoms with Crippen LogP contribution < -0.4 is 0 Å². The summed E-state index contributed by atoms with van der Waals surface area (Å²) in [7, 11) is 2.01. The number of benzene rings is 2. The molecule has 0 atom stereocenters. The van der Waals surface area contributed by atoms with Crippen molar-refractivity contribution in [1.82, 2.24) is 19.8 Å². The van der Waals surface area contributed by atoms with E-state index in [-0.39, 0.29) is 24.3 Å². The van der Waals surface area contributed by atoms with E-state index in [2.05, 4.69) is 26.7 Å². The van der Waals surface area contributed by atoms with Crippen LogP contribution in [0.1, 0.15) is 43.7 Å². The minimum Gasteiger partial charge on any atom is -0.304 e. The lowest BCUT2D eigenvalue weighted by Crippen LogP contribution is -2.44. The van der Waals surface area contributed by atoms with Gasteiger partial charge in [-0.1, -0.05) is 42.2 Å². The SMILES string of the molecule is Cc1ccc(C(=O)Cc2ccc(CN3CCN(C)CC3)c(C(F)(F)F)c2)cc1C#Cc1ccc(-c2ccccn2)nc1. The van der Waals surface area contributed by atoms with E-state index in [9.17, 15) is 18.0 Å². The van der Waals surface area contributed by atoms with Gasteiger partial charge in [-0.25, -0.2) is 0 Å². The summed E-state index contributed by atoms with van der Waals surface area (Å²) in [6.07, 6.45) is -1.25. The number of pyridine rings is 2. The molecule has 1 aliphatic heterocycles. The van der Waals surface area contributed by atoms with Crippen molar-refractivity contribution in [1.29, 1.82) is 0 Å². The highest BCUT2D eigenvalue weighted by molar-refractivity contribution is 5.98. The second-order valence-electron chi connectivity index (χ2n) is 10.6. The van der Waals surface area contributed by atoms with Gasteiger partial charge in [0.1, 0.15) is 0 Å². The number of halogens is 3. The third-order valence-corrected chi connectivity index (χ3v) is 7.43. The van der Waals surface area contributed by atoms with Crippen molar-refractivity contribution in [2.75, 3.05) is 33.2 Å². The summed E-state index contributed by atoms with van der Waals surface area (Å²) in [4.78, 5) is 26.1. The molecule has 0 unspecified atom stereocenters. The minimum atomic E-state index is -4.50. The van der Waals surface area contributed by atoms with Crippen molar-refractivity contribution in [3.8, 4) is 23.2 Å². The van der Waals surface area contributed by atoms with Gasteiger partial charge in [0.25, 0.3) is 0 Å². The molecule has 5 rings (SSSR count). The summed E-state index contributed by atoms with van der Waals surface area (Å²) in [5.74, 6) is 5.93. The van der Waals surface area contributed by atoms with Crippen molar-refractivity contribution in [3.63, 3.8) is 0 Å². The van der Waals surface area contributed by atoms with Crippen LogP contribution >= 0.6 is 0 Å². The van der Waals surface area contributed by atoms with Gasteiger partial charge in [0, 0.05) is 68.2 Å². The fourth-order valence-corrected chi connectivity index (χ4v) is 4.87. The molecule has 2 aromatic carbocycles. The lowest BCUT2D eigenvalue weighted by Gasteiger charge is -2.33. The number of nitrogens with zero attached hydrogens (tertiary/aromatic N) is 4. The smallest absolute Gasteiger partial charge is 0.304 e. The maximum Gasteiger partial charge on any atom is 0.416 e. The van der Waals surface area contributed by atoms with E-state index < -0.39 is 11.7 Å². The van der Waals surface area contributed by atoms with Gasteiger partial charge in [0.05, 0.1) is 17.0 Å². The van der Waals surface area contributed by atoms with Crippen LogP contribution in [0.15, 0.2) is 79.1 Å². The Morgan fingerprint density at radius 2 is 1.69 bits per heavy atom. The molecule has 5 nitrogen and oxygen atoms in total. The van der Waals surface area contributed by atoms with Gasteiger partial charge >= 0.3 is 6.18 Å². The average Bonchev–Trinajstić information content (AvgIpc) is 2.99. The van der Waals surface area contributed by atoms with E-state index in [1.54, 1.807) is 36.7 Å². The van der Waals surface area contributed by atoms with E-state index in [4.69, 9.17) is 0 Å². The van der Waals surface area contributed by atoms with E-state index in [1.165, 1.54) is 6.07 Å². The largest absolute Gasteiger partial charge is 0.416 e. The number of aryl methyl sites for hydroxylation is 1. The van der Waals surface area contributed by atoms with Crippen molar-refractivity contribution >= 4 is 5.78 Å². The monoisotopic (exact) mass is 568 g/mol. The standard InChI is InChI=1S/C34H31F3N4O/c1-24-6-10-28(21-27(24)11-7-25-9-13-32(39-22-25)31-5-3-4-14-38-31)33(42)20-26-8-12-29(30(19-26)34(35,36)37)23-41-17-15-40(2)16-18-41/h3-6,8-10,12-14,19,21-22H,15-18,20,23H2,1-2H3. The summed E-state index contributed by atoms with van der Waals surface area (Å²) >= 11 is 0. The van der Waals surface area contributed by atoms with Gasteiger partial charge in [-0.3, -0.25) is 19.7 Å². The molecule has 214 valence electrons. The first-order valence-corrected chi connectivity index (χ1v) is 13.8. The van der Waals surface area contributed by atoms with Crippen LogP contribution in [-0.4, -0.2) is 58.8 Å². The number of aromatic nitrogens is 2. The molecule has 42 heavy (non-hydrogen) atoms. The first-order valence-electron chi connectivity index (χ1n) is 13.8. The third kappa shape index (κ3) is 7.30. The Hall–Kier alpha value is -4.32. The summed E-state index contributed by atoms with van der Waals surface area (Å²) < 4.78 is 42.0. The number of Topliss-reactive ketones (excluding diaryl/α,β-unsaturated/α-hetero) is 1. The first-order chi connectivity index (χ1) is 20.2. The van der Waals surface area contributed by atoms with E-state index in [1.807, 2.05) is 49.2 Å². The number of hydrogen-bond acceptors (Lipinski definition) is 5. The molecule has 2 aromatic heterocycles. The van der Waals surface area contributed by atoms with Gasteiger partial charge in [-0.2, -0.15) is 13.2 Å². The number of piperazine rings is 1. The van der Waals surface area contributed by atoms with E-state index in [0.717, 1.165) is 49.2 Å². The fourth-order valence-electron chi connectivity index (χ4n) is 4.87. The molecule has 0 bridgehead atoms. The molecule has 0 N–H and O–H groups in total. The zero-order valence-corrected chi connectivity index (χ0v) is 23.6. The first kappa shape index (κ1) is 29.2. The molecule has 1 saturated heterocycles. The predicted molar refractivity (Wildman–Crippen MR) is 157 cm³/mol. The summed E-state index contributed by atoms with van der Waals surface area (Å²) in [6.45, 7) is 5.23. The molecule has 3 heterocycles. The Labute approximate surface area is 244 Å². The van der Waals surface area contributed by atoms with E-state index >= 15 is 0 Å². The maximum absolute atomic E-state index is 14.0. The quantitative estimate of drug-likeness (QED) is 0.210. The van der Waals surface area contributed by atoms with Gasteiger partial charge < -0.3 is 4.90 Å².